The van der Waals surface area contributed by atoms with Crippen LogP contribution in [-0.4, -0.2) is 47.8 Å². The lowest BCUT2D eigenvalue weighted by molar-refractivity contribution is -0.137. The summed E-state index contributed by atoms with van der Waals surface area (Å²) in [6.45, 7) is 7.28. The average Bonchev–Trinajstić information content (AvgIpc) is 2.15. The molecule has 16 heavy (non-hydrogen) atoms. The van der Waals surface area contributed by atoms with Crippen LogP contribution in [0.4, 0.5) is 0 Å². The lowest BCUT2D eigenvalue weighted by Crippen LogP contribution is -2.45. The Morgan fingerprint density at radius 3 is 2.44 bits per heavy atom. The predicted octanol–water partition coefficient (Wildman–Crippen LogP) is 1.74. The van der Waals surface area contributed by atoms with Gasteiger partial charge in [0, 0.05) is 19.5 Å². The van der Waals surface area contributed by atoms with Gasteiger partial charge in [0.25, 0.3) is 0 Å². The molecule has 2 atom stereocenters. The van der Waals surface area contributed by atoms with E-state index in [-0.39, 0.29) is 0 Å². The van der Waals surface area contributed by atoms with E-state index in [4.69, 9.17) is 9.84 Å². The van der Waals surface area contributed by atoms with E-state index < -0.39 is 5.97 Å². The highest BCUT2D eigenvalue weighted by atomic mass is 16.5. The van der Waals surface area contributed by atoms with Crippen LogP contribution < -0.4 is 0 Å². The summed E-state index contributed by atoms with van der Waals surface area (Å²) in [6.07, 6.45) is 3.84. The van der Waals surface area contributed by atoms with Gasteiger partial charge in [-0.15, -0.1) is 0 Å². The van der Waals surface area contributed by atoms with Crippen LogP contribution in [0, 0.1) is 0 Å². The number of carboxylic acid groups (broad SMARTS) is 1. The summed E-state index contributed by atoms with van der Waals surface area (Å²) in [5.74, 6) is -0.686. The number of hydrogen-bond donors (Lipinski definition) is 1. The van der Waals surface area contributed by atoms with Crippen LogP contribution in [0.3, 0.4) is 0 Å². The Kier molecular flexibility index (Phi) is 5.77. The van der Waals surface area contributed by atoms with Crippen LogP contribution in [0.15, 0.2) is 0 Å². The average molecular weight is 229 g/mol. The molecular weight excluding hydrogens is 206 g/mol. The Morgan fingerprint density at radius 2 is 1.88 bits per heavy atom. The first kappa shape index (κ1) is 13.5. The van der Waals surface area contributed by atoms with Crippen molar-refractivity contribution < 1.29 is 14.6 Å². The number of carbonyl (C=O) groups is 1. The third kappa shape index (κ3) is 5.47. The minimum Gasteiger partial charge on any atom is -0.481 e. The summed E-state index contributed by atoms with van der Waals surface area (Å²) in [7, 11) is 0. The van der Waals surface area contributed by atoms with Crippen molar-refractivity contribution in [2.75, 3.05) is 19.6 Å². The van der Waals surface area contributed by atoms with Crippen molar-refractivity contribution in [2.45, 2.75) is 51.7 Å². The van der Waals surface area contributed by atoms with Crippen molar-refractivity contribution in [3.63, 3.8) is 0 Å². The van der Waals surface area contributed by atoms with Gasteiger partial charge in [0.1, 0.15) is 0 Å². The molecule has 0 radical (unpaired) electrons. The molecule has 0 aromatic heterocycles. The van der Waals surface area contributed by atoms with Crippen LogP contribution in [0.1, 0.15) is 39.5 Å². The molecule has 0 amide bonds. The molecular formula is C12H23NO3. The second kappa shape index (κ2) is 6.86. The number of unbranched alkanes of at least 4 members (excludes halogenated alkanes) is 2. The lowest BCUT2D eigenvalue weighted by atomic mass is 10.1. The van der Waals surface area contributed by atoms with Gasteiger partial charge < -0.3 is 9.84 Å². The predicted molar refractivity (Wildman–Crippen MR) is 62.6 cm³/mol. The maximum atomic E-state index is 10.3. The molecule has 0 aromatic rings. The van der Waals surface area contributed by atoms with Gasteiger partial charge in [0.15, 0.2) is 0 Å². The molecule has 0 bridgehead atoms. The molecule has 4 heteroatoms. The highest BCUT2D eigenvalue weighted by molar-refractivity contribution is 5.66. The summed E-state index contributed by atoms with van der Waals surface area (Å²) in [6, 6.07) is 0. The van der Waals surface area contributed by atoms with Gasteiger partial charge in [-0.25, -0.2) is 0 Å². The third-order valence-electron chi connectivity index (χ3n) is 2.86. The molecule has 0 saturated carbocycles. The zero-order chi connectivity index (χ0) is 12.0. The van der Waals surface area contributed by atoms with Crippen molar-refractivity contribution in [2.24, 2.45) is 0 Å². The molecule has 1 rings (SSSR count). The summed E-state index contributed by atoms with van der Waals surface area (Å²) < 4.78 is 5.66. The van der Waals surface area contributed by atoms with Crippen molar-refractivity contribution >= 4 is 5.97 Å². The molecule has 0 unspecified atom stereocenters. The van der Waals surface area contributed by atoms with Crippen molar-refractivity contribution in [1.82, 2.24) is 4.90 Å². The number of nitrogens with zero attached hydrogens (tertiary/aromatic N) is 1. The quantitative estimate of drug-likeness (QED) is 0.705. The lowest BCUT2D eigenvalue weighted by Gasteiger charge is -2.35. The SMILES string of the molecule is C[C@@H]1CN(CCCCCC(=O)O)C[C@H](C)O1. The van der Waals surface area contributed by atoms with Gasteiger partial charge in [-0.1, -0.05) is 6.42 Å². The molecule has 0 spiro atoms. The monoisotopic (exact) mass is 229 g/mol. The fraction of sp³-hybridized carbons (Fsp3) is 0.917. The van der Waals surface area contributed by atoms with E-state index in [0.29, 0.717) is 18.6 Å². The van der Waals surface area contributed by atoms with E-state index in [1.54, 1.807) is 0 Å². The fourth-order valence-corrected chi connectivity index (χ4v) is 2.26. The van der Waals surface area contributed by atoms with E-state index in [2.05, 4.69) is 18.7 Å². The highest BCUT2D eigenvalue weighted by Gasteiger charge is 2.21. The molecule has 1 saturated heterocycles. The zero-order valence-corrected chi connectivity index (χ0v) is 10.3. The molecule has 1 fully saturated rings. The Morgan fingerprint density at radius 1 is 1.25 bits per heavy atom. The van der Waals surface area contributed by atoms with Crippen LogP contribution in [0.5, 0.6) is 0 Å². The van der Waals surface area contributed by atoms with Crippen LogP contribution in [-0.2, 0) is 9.53 Å². The van der Waals surface area contributed by atoms with Crippen molar-refractivity contribution in [1.29, 1.82) is 0 Å². The van der Waals surface area contributed by atoms with Gasteiger partial charge >= 0.3 is 5.97 Å². The standard InChI is InChI=1S/C12H23NO3/c1-10-8-13(9-11(2)16-10)7-5-3-4-6-12(14)15/h10-11H,3-9H2,1-2H3,(H,14,15)/t10-,11+. The molecule has 1 aliphatic rings. The normalized spacial score (nSPS) is 26.9. The van der Waals surface area contributed by atoms with Crippen molar-refractivity contribution in [3.05, 3.63) is 0 Å². The largest absolute Gasteiger partial charge is 0.481 e. The fourth-order valence-electron chi connectivity index (χ4n) is 2.26. The third-order valence-corrected chi connectivity index (χ3v) is 2.86. The highest BCUT2D eigenvalue weighted by Crippen LogP contribution is 2.11. The molecule has 1 aliphatic heterocycles. The van der Waals surface area contributed by atoms with Gasteiger partial charge in [-0.05, 0) is 33.2 Å². The van der Waals surface area contributed by atoms with Crippen LogP contribution in [0.2, 0.25) is 0 Å². The minimum absolute atomic E-state index is 0.302. The number of rotatable bonds is 6. The van der Waals surface area contributed by atoms with Crippen LogP contribution in [0.25, 0.3) is 0 Å². The zero-order valence-electron chi connectivity index (χ0n) is 10.3. The van der Waals surface area contributed by atoms with E-state index >= 15 is 0 Å². The van der Waals surface area contributed by atoms with E-state index in [9.17, 15) is 4.79 Å². The van der Waals surface area contributed by atoms with E-state index in [0.717, 1.165) is 38.9 Å². The molecule has 0 aliphatic carbocycles. The van der Waals surface area contributed by atoms with Gasteiger partial charge in [-0.2, -0.15) is 0 Å². The Labute approximate surface area is 97.6 Å². The van der Waals surface area contributed by atoms with Gasteiger partial charge in [0.2, 0.25) is 0 Å². The summed E-state index contributed by atoms with van der Waals surface area (Å²) in [5.41, 5.74) is 0. The second-order valence-corrected chi connectivity index (χ2v) is 4.72. The number of carboxylic acids is 1. The maximum Gasteiger partial charge on any atom is 0.303 e. The number of ether oxygens (including phenoxy) is 1. The minimum atomic E-state index is -0.686. The Hall–Kier alpha value is -0.610. The van der Waals surface area contributed by atoms with Gasteiger partial charge in [0.05, 0.1) is 12.2 Å². The second-order valence-electron chi connectivity index (χ2n) is 4.72. The topological polar surface area (TPSA) is 49.8 Å². The number of hydrogen-bond acceptors (Lipinski definition) is 3. The molecule has 94 valence electrons. The van der Waals surface area contributed by atoms with E-state index in [1.807, 2.05) is 0 Å². The smallest absolute Gasteiger partial charge is 0.303 e. The first-order valence-electron chi connectivity index (χ1n) is 6.17. The molecule has 1 N–H and O–H groups in total. The first-order chi connectivity index (χ1) is 7.58. The maximum absolute atomic E-state index is 10.3. The molecule has 4 nitrogen and oxygen atoms in total. The number of morpholine rings is 1. The van der Waals surface area contributed by atoms with Gasteiger partial charge in [-0.3, -0.25) is 9.69 Å². The molecule has 0 aromatic carbocycles. The summed E-state index contributed by atoms with van der Waals surface area (Å²) in [5, 5.41) is 8.50. The molecule has 1 heterocycles. The van der Waals surface area contributed by atoms with Crippen LogP contribution >= 0.6 is 0 Å². The number of aliphatic carboxylic acids is 1. The summed E-state index contributed by atoms with van der Waals surface area (Å²) in [4.78, 5) is 12.7. The van der Waals surface area contributed by atoms with E-state index in [1.165, 1.54) is 0 Å². The summed E-state index contributed by atoms with van der Waals surface area (Å²) >= 11 is 0. The Bertz CT molecular complexity index is 210. The van der Waals surface area contributed by atoms with Crippen molar-refractivity contribution in [3.8, 4) is 0 Å². The first-order valence-corrected chi connectivity index (χ1v) is 6.17. The Balaban J connectivity index is 2.06.